The van der Waals surface area contributed by atoms with Crippen molar-refractivity contribution in [2.75, 3.05) is 50.8 Å². The van der Waals surface area contributed by atoms with E-state index in [-0.39, 0.29) is 5.97 Å². The lowest BCUT2D eigenvalue weighted by molar-refractivity contribution is 0.00694. The van der Waals surface area contributed by atoms with Gasteiger partial charge in [0.1, 0.15) is 11.4 Å². The number of rotatable bonds is 4. The van der Waals surface area contributed by atoms with E-state index in [1.54, 1.807) is 12.3 Å². The monoisotopic (exact) mass is 361 g/mol. The molecule has 0 bridgehead atoms. The van der Waals surface area contributed by atoms with Gasteiger partial charge in [-0.15, -0.1) is 0 Å². The largest absolute Gasteiger partial charge is 0.456 e. The van der Waals surface area contributed by atoms with Gasteiger partial charge >= 0.3 is 5.97 Å². The zero-order valence-corrected chi connectivity index (χ0v) is 16.2. The van der Waals surface area contributed by atoms with E-state index in [4.69, 9.17) is 9.47 Å². The summed E-state index contributed by atoms with van der Waals surface area (Å²) in [4.78, 5) is 21.7. The maximum atomic E-state index is 12.3. The molecule has 1 aromatic heterocycles. The van der Waals surface area contributed by atoms with Crippen LogP contribution >= 0.6 is 0 Å². The molecule has 1 aromatic rings. The highest BCUT2D eigenvalue weighted by Gasteiger charge is 2.25. The number of pyridine rings is 1. The number of hydrogen-bond acceptors (Lipinski definition) is 6. The number of anilines is 1. The van der Waals surface area contributed by atoms with E-state index < -0.39 is 5.60 Å². The minimum absolute atomic E-state index is 0.289. The number of esters is 1. The smallest absolute Gasteiger partial charge is 0.338 e. The SMILES string of the molecule is CC(C)(C)OC(=O)c1ccnc(N2CCCC(CN3CCOCC3)C2)c1. The van der Waals surface area contributed by atoms with Gasteiger partial charge < -0.3 is 14.4 Å². The quantitative estimate of drug-likeness (QED) is 0.769. The van der Waals surface area contributed by atoms with Gasteiger partial charge in [0.2, 0.25) is 0 Å². The van der Waals surface area contributed by atoms with Crippen LogP contribution in [0.1, 0.15) is 44.0 Å². The third-order valence-electron chi connectivity index (χ3n) is 4.84. The molecule has 2 saturated heterocycles. The first-order chi connectivity index (χ1) is 12.4. The van der Waals surface area contributed by atoms with Crippen LogP contribution in [0.25, 0.3) is 0 Å². The van der Waals surface area contributed by atoms with Gasteiger partial charge in [0, 0.05) is 38.9 Å². The summed E-state index contributed by atoms with van der Waals surface area (Å²) in [5.41, 5.74) is 0.0785. The number of ether oxygens (including phenoxy) is 2. The van der Waals surface area contributed by atoms with E-state index >= 15 is 0 Å². The molecule has 0 radical (unpaired) electrons. The van der Waals surface area contributed by atoms with Crippen LogP contribution in [0, 0.1) is 5.92 Å². The van der Waals surface area contributed by atoms with Crippen molar-refractivity contribution in [1.29, 1.82) is 0 Å². The van der Waals surface area contributed by atoms with Gasteiger partial charge in [-0.2, -0.15) is 0 Å². The van der Waals surface area contributed by atoms with E-state index in [9.17, 15) is 4.79 Å². The number of morpholine rings is 1. The highest BCUT2D eigenvalue weighted by Crippen LogP contribution is 2.24. The van der Waals surface area contributed by atoms with Crippen molar-refractivity contribution in [2.24, 2.45) is 5.92 Å². The van der Waals surface area contributed by atoms with Crippen molar-refractivity contribution in [1.82, 2.24) is 9.88 Å². The number of aromatic nitrogens is 1. The molecule has 0 aromatic carbocycles. The number of carbonyl (C=O) groups excluding carboxylic acids is 1. The predicted octanol–water partition coefficient (Wildman–Crippen LogP) is 2.59. The van der Waals surface area contributed by atoms with Gasteiger partial charge in [0.25, 0.3) is 0 Å². The molecule has 3 rings (SSSR count). The second-order valence-electron chi connectivity index (χ2n) is 8.27. The Kier molecular flexibility index (Phi) is 6.14. The van der Waals surface area contributed by atoms with E-state index in [1.165, 1.54) is 6.42 Å². The fourth-order valence-corrected chi connectivity index (χ4v) is 3.63. The lowest BCUT2D eigenvalue weighted by Gasteiger charge is -2.37. The fourth-order valence-electron chi connectivity index (χ4n) is 3.63. The number of carbonyl (C=O) groups is 1. The molecule has 0 amide bonds. The van der Waals surface area contributed by atoms with Crippen LogP contribution in [0.4, 0.5) is 5.82 Å². The Morgan fingerprint density at radius 1 is 1.31 bits per heavy atom. The van der Waals surface area contributed by atoms with E-state index in [2.05, 4.69) is 14.8 Å². The van der Waals surface area contributed by atoms with Crippen molar-refractivity contribution in [2.45, 2.75) is 39.2 Å². The molecule has 26 heavy (non-hydrogen) atoms. The van der Waals surface area contributed by atoms with Gasteiger partial charge in [0.05, 0.1) is 18.8 Å². The Balaban J connectivity index is 1.62. The van der Waals surface area contributed by atoms with Crippen LogP contribution < -0.4 is 4.90 Å². The van der Waals surface area contributed by atoms with Crippen molar-refractivity contribution >= 4 is 11.8 Å². The van der Waals surface area contributed by atoms with Gasteiger partial charge in [0.15, 0.2) is 0 Å². The first kappa shape index (κ1) is 19.1. The minimum atomic E-state index is -0.491. The summed E-state index contributed by atoms with van der Waals surface area (Å²) in [6, 6.07) is 3.60. The van der Waals surface area contributed by atoms with Crippen molar-refractivity contribution < 1.29 is 14.3 Å². The van der Waals surface area contributed by atoms with Crippen molar-refractivity contribution in [3.05, 3.63) is 23.9 Å². The summed E-state index contributed by atoms with van der Waals surface area (Å²) in [5, 5.41) is 0. The molecule has 2 aliphatic heterocycles. The molecule has 6 nitrogen and oxygen atoms in total. The maximum Gasteiger partial charge on any atom is 0.338 e. The number of hydrogen-bond donors (Lipinski definition) is 0. The second kappa shape index (κ2) is 8.35. The molecule has 1 unspecified atom stereocenters. The van der Waals surface area contributed by atoms with Crippen molar-refractivity contribution in [3.63, 3.8) is 0 Å². The average Bonchev–Trinajstić information content (AvgIpc) is 2.61. The molecule has 0 spiro atoms. The van der Waals surface area contributed by atoms with E-state index in [1.807, 2.05) is 26.8 Å². The Bertz CT molecular complexity index is 609. The summed E-state index contributed by atoms with van der Waals surface area (Å²) < 4.78 is 10.9. The van der Waals surface area contributed by atoms with E-state index in [0.29, 0.717) is 11.5 Å². The van der Waals surface area contributed by atoms with E-state index in [0.717, 1.165) is 58.2 Å². The Morgan fingerprint density at radius 2 is 2.08 bits per heavy atom. The molecular weight excluding hydrogens is 330 g/mol. The molecule has 2 fully saturated rings. The van der Waals surface area contributed by atoms with Gasteiger partial charge in [-0.3, -0.25) is 4.90 Å². The van der Waals surface area contributed by atoms with Crippen LogP contribution in [-0.2, 0) is 9.47 Å². The second-order valence-corrected chi connectivity index (χ2v) is 8.27. The number of nitrogens with zero attached hydrogens (tertiary/aromatic N) is 3. The summed E-state index contributed by atoms with van der Waals surface area (Å²) in [6.07, 6.45) is 4.12. The Labute approximate surface area is 156 Å². The molecule has 0 N–H and O–H groups in total. The first-order valence-corrected chi connectivity index (χ1v) is 9.65. The lowest BCUT2D eigenvalue weighted by Crippen LogP contribution is -2.44. The molecule has 0 saturated carbocycles. The molecule has 3 heterocycles. The maximum absolute atomic E-state index is 12.3. The van der Waals surface area contributed by atoms with Crippen LogP contribution in [0.5, 0.6) is 0 Å². The Hall–Kier alpha value is -1.66. The highest BCUT2D eigenvalue weighted by molar-refractivity contribution is 5.90. The van der Waals surface area contributed by atoms with Crippen LogP contribution in [-0.4, -0.2) is 67.4 Å². The standard InChI is InChI=1S/C20H31N3O3/c1-20(2,3)26-19(24)17-6-7-21-18(13-17)23-8-4-5-16(15-23)14-22-9-11-25-12-10-22/h6-7,13,16H,4-5,8-12,14-15H2,1-3H3. The average molecular weight is 361 g/mol. The Morgan fingerprint density at radius 3 is 2.81 bits per heavy atom. The van der Waals surface area contributed by atoms with Gasteiger partial charge in [-0.25, -0.2) is 9.78 Å². The third-order valence-corrected chi connectivity index (χ3v) is 4.84. The van der Waals surface area contributed by atoms with Crippen LogP contribution in [0.15, 0.2) is 18.3 Å². The molecule has 0 aliphatic carbocycles. The normalized spacial score (nSPS) is 22.3. The summed E-state index contributed by atoms with van der Waals surface area (Å²) in [5.74, 6) is 1.22. The third kappa shape index (κ3) is 5.42. The van der Waals surface area contributed by atoms with Gasteiger partial charge in [-0.05, 0) is 51.7 Å². The number of piperidine rings is 1. The van der Waals surface area contributed by atoms with Gasteiger partial charge in [-0.1, -0.05) is 0 Å². The topological polar surface area (TPSA) is 54.9 Å². The fraction of sp³-hybridized carbons (Fsp3) is 0.700. The lowest BCUT2D eigenvalue weighted by atomic mass is 9.97. The zero-order valence-electron chi connectivity index (χ0n) is 16.2. The van der Waals surface area contributed by atoms with Crippen LogP contribution in [0.2, 0.25) is 0 Å². The highest BCUT2D eigenvalue weighted by atomic mass is 16.6. The summed E-state index contributed by atoms with van der Waals surface area (Å²) in [6.45, 7) is 12.5. The van der Waals surface area contributed by atoms with Crippen LogP contribution in [0.3, 0.4) is 0 Å². The van der Waals surface area contributed by atoms with Crippen molar-refractivity contribution in [3.8, 4) is 0 Å². The molecule has 144 valence electrons. The first-order valence-electron chi connectivity index (χ1n) is 9.65. The summed E-state index contributed by atoms with van der Waals surface area (Å²) in [7, 11) is 0. The molecule has 2 aliphatic rings. The predicted molar refractivity (Wildman–Crippen MR) is 102 cm³/mol. The zero-order chi connectivity index (χ0) is 18.6. The molecule has 6 heteroatoms. The molecule has 1 atom stereocenters. The minimum Gasteiger partial charge on any atom is -0.456 e. The summed E-state index contributed by atoms with van der Waals surface area (Å²) >= 11 is 0. The molecular formula is C20H31N3O3.